The third-order valence-electron chi connectivity index (χ3n) is 3.14. The Morgan fingerprint density at radius 3 is 3.12 bits per heavy atom. The average Bonchev–Trinajstić information content (AvgIpc) is 2.80. The summed E-state index contributed by atoms with van der Waals surface area (Å²) in [5, 5.41) is 13.0. The third-order valence-corrected chi connectivity index (χ3v) is 3.14. The fourth-order valence-electron chi connectivity index (χ4n) is 2.36. The van der Waals surface area contributed by atoms with Crippen molar-refractivity contribution in [2.24, 2.45) is 0 Å². The molecule has 5 nitrogen and oxygen atoms in total. The van der Waals surface area contributed by atoms with E-state index in [-0.39, 0.29) is 12.9 Å². The highest BCUT2D eigenvalue weighted by Crippen LogP contribution is 2.45. The molecule has 0 fully saturated rings. The standard InChI is InChI=1S/C12H15NO4/c1-13-4-10-11-7(8(14)5-15-10)2-3-9-12(11)17-6-16-9/h2-3,8,10,13-14H,4-6H2,1H3/t8-,10+/m0/s1. The zero-order chi connectivity index (χ0) is 11.8. The van der Waals surface area contributed by atoms with Crippen molar-refractivity contribution in [2.75, 3.05) is 27.0 Å². The predicted octanol–water partition coefficient (Wildman–Crippen LogP) is 0.739. The highest BCUT2D eigenvalue weighted by molar-refractivity contribution is 5.54. The van der Waals surface area contributed by atoms with Gasteiger partial charge in [-0.25, -0.2) is 0 Å². The Morgan fingerprint density at radius 1 is 1.41 bits per heavy atom. The number of hydrogen-bond donors (Lipinski definition) is 2. The van der Waals surface area contributed by atoms with E-state index in [4.69, 9.17) is 14.2 Å². The molecule has 0 amide bonds. The van der Waals surface area contributed by atoms with E-state index < -0.39 is 6.10 Å². The first-order valence-electron chi connectivity index (χ1n) is 5.68. The molecule has 0 unspecified atom stereocenters. The molecule has 0 saturated heterocycles. The minimum atomic E-state index is -0.590. The third kappa shape index (κ3) is 1.67. The van der Waals surface area contributed by atoms with Crippen molar-refractivity contribution in [2.45, 2.75) is 12.2 Å². The van der Waals surface area contributed by atoms with E-state index in [1.807, 2.05) is 19.2 Å². The minimum absolute atomic E-state index is 0.102. The number of ether oxygens (including phenoxy) is 3. The van der Waals surface area contributed by atoms with E-state index in [2.05, 4.69) is 5.32 Å². The molecule has 0 aromatic heterocycles. The largest absolute Gasteiger partial charge is 0.454 e. The van der Waals surface area contributed by atoms with E-state index in [0.717, 1.165) is 16.9 Å². The van der Waals surface area contributed by atoms with Crippen LogP contribution < -0.4 is 14.8 Å². The molecule has 0 bridgehead atoms. The molecule has 5 heteroatoms. The first kappa shape index (κ1) is 10.8. The lowest BCUT2D eigenvalue weighted by atomic mass is 9.94. The fraction of sp³-hybridized carbons (Fsp3) is 0.500. The van der Waals surface area contributed by atoms with Crippen LogP contribution in [0.1, 0.15) is 23.3 Å². The van der Waals surface area contributed by atoms with Crippen molar-refractivity contribution >= 4 is 0 Å². The van der Waals surface area contributed by atoms with Gasteiger partial charge in [0.15, 0.2) is 11.5 Å². The maximum absolute atomic E-state index is 9.94. The van der Waals surface area contributed by atoms with E-state index >= 15 is 0 Å². The summed E-state index contributed by atoms with van der Waals surface area (Å²) in [5.41, 5.74) is 1.79. The summed E-state index contributed by atoms with van der Waals surface area (Å²) in [6, 6.07) is 3.73. The van der Waals surface area contributed by atoms with Gasteiger partial charge in [-0.2, -0.15) is 0 Å². The van der Waals surface area contributed by atoms with Crippen molar-refractivity contribution in [3.05, 3.63) is 23.3 Å². The average molecular weight is 237 g/mol. The van der Waals surface area contributed by atoms with Gasteiger partial charge in [-0.15, -0.1) is 0 Å². The number of benzene rings is 1. The molecule has 0 spiro atoms. The first-order valence-corrected chi connectivity index (χ1v) is 5.68. The van der Waals surface area contributed by atoms with Crippen LogP contribution in [0.5, 0.6) is 11.5 Å². The molecule has 0 radical (unpaired) electrons. The zero-order valence-corrected chi connectivity index (χ0v) is 9.60. The van der Waals surface area contributed by atoms with Crippen LogP contribution in [0, 0.1) is 0 Å². The van der Waals surface area contributed by atoms with Crippen molar-refractivity contribution in [3.63, 3.8) is 0 Å². The van der Waals surface area contributed by atoms with Gasteiger partial charge in [0.05, 0.1) is 12.7 Å². The van der Waals surface area contributed by atoms with Crippen molar-refractivity contribution in [3.8, 4) is 11.5 Å². The lowest BCUT2D eigenvalue weighted by Crippen LogP contribution is -2.28. The van der Waals surface area contributed by atoms with Crippen LogP contribution in [-0.4, -0.2) is 32.1 Å². The van der Waals surface area contributed by atoms with Gasteiger partial charge < -0.3 is 24.6 Å². The second-order valence-electron chi connectivity index (χ2n) is 4.20. The molecule has 2 aliphatic heterocycles. The van der Waals surface area contributed by atoms with Crippen molar-refractivity contribution in [1.82, 2.24) is 5.32 Å². The van der Waals surface area contributed by atoms with Gasteiger partial charge in [-0.3, -0.25) is 0 Å². The van der Waals surface area contributed by atoms with Gasteiger partial charge in [0.1, 0.15) is 6.10 Å². The Kier molecular flexibility index (Phi) is 2.66. The van der Waals surface area contributed by atoms with Crippen LogP contribution in [0.15, 0.2) is 12.1 Å². The van der Waals surface area contributed by atoms with E-state index in [0.29, 0.717) is 18.9 Å². The number of fused-ring (bicyclic) bond motifs is 3. The van der Waals surface area contributed by atoms with Gasteiger partial charge in [0.25, 0.3) is 0 Å². The summed E-state index contributed by atoms with van der Waals surface area (Å²) in [7, 11) is 1.87. The molecule has 1 aromatic rings. The fourth-order valence-corrected chi connectivity index (χ4v) is 2.36. The molecular formula is C12H15NO4. The number of rotatable bonds is 2. The maximum atomic E-state index is 9.94. The summed E-state index contributed by atoms with van der Waals surface area (Å²) in [5.74, 6) is 1.43. The number of likely N-dealkylation sites (N-methyl/N-ethyl adjacent to an activating group) is 1. The van der Waals surface area contributed by atoms with Gasteiger partial charge in [0.2, 0.25) is 6.79 Å². The molecule has 1 aromatic carbocycles. The van der Waals surface area contributed by atoms with Crippen molar-refractivity contribution in [1.29, 1.82) is 0 Å². The molecule has 92 valence electrons. The number of aliphatic hydroxyl groups excluding tert-OH is 1. The minimum Gasteiger partial charge on any atom is -0.454 e. The van der Waals surface area contributed by atoms with Gasteiger partial charge in [0, 0.05) is 12.1 Å². The Labute approximate surface area is 99.3 Å². The Morgan fingerprint density at radius 2 is 2.29 bits per heavy atom. The van der Waals surface area contributed by atoms with Crippen LogP contribution in [-0.2, 0) is 4.74 Å². The van der Waals surface area contributed by atoms with Crippen LogP contribution in [0.3, 0.4) is 0 Å². The summed E-state index contributed by atoms with van der Waals surface area (Å²) in [6.07, 6.45) is -0.692. The topological polar surface area (TPSA) is 60.0 Å². The van der Waals surface area contributed by atoms with Gasteiger partial charge in [-0.1, -0.05) is 6.07 Å². The molecule has 17 heavy (non-hydrogen) atoms. The van der Waals surface area contributed by atoms with Crippen LogP contribution >= 0.6 is 0 Å². The normalized spacial score (nSPS) is 25.8. The Hall–Kier alpha value is -1.30. The second-order valence-corrected chi connectivity index (χ2v) is 4.20. The smallest absolute Gasteiger partial charge is 0.231 e. The molecule has 2 aliphatic rings. The molecular weight excluding hydrogens is 222 g/mol. The summed E-state index contributed by atoms with van der Waals surface area (Å²) >= 11 is 0. The van der Waals surface area contributed by atoms with E-state index in [1.165, 1.54) is 0 Å². The van der Waals surface area contributed by atoms with E-state index in [1.54, 1.807) is 0 Å². The highest BCUT2D eigenvalue weighted by atomic mass is 16.7. The summed E-state index contributed by atoms with van der Waals surface area (Å²) < 4.78 is 16.5. The lowest BCUT2D eigenvalue weighted by molar-refractivity contribution is -0.0301. The highest BCUT2D eigenvalue weighted by Gasteiger charge is 2.33. The monoisotopic (exact) mass is 237 g/mol. The van der Waals surface area contributed by atoms with Gasteiger partial charge >= 0.3 is 0 Å². The van der Waals surface area contributed by atoms with Crippen LogP contribution in [0.4, 0.5) is 0 Å². The lowest BCUT2D eigenvalue weighted by Gasteiger charge is -2.30. The number of nitrogens with one attached hydrogen (secondary N) is 1. The molecule has 0 aliphatic carbocycles. The van der Waals surface area contributed by atoms with E-state index in [9.17, 15) is 5.11 Å². The second kappa shape index (κ2) is 4.18. The predicted molar refractivity (Wildman–Crippen MR) is 60.1 cm³/mol. The van der Waals surface area contributed by atoms with Gasteiger partial charge in [-0.05, 0) is 18.7 Å². The molecule has 2 atom stereocenters. The molecule has 0 saturated carbocycles. The molecule has 2 heterocycles. The Bertz CT molecular complexity index is 435. The van der Waals surface area contributed by atoms with Crippen LogP contribution in [0.25, 0.3) is 0 Å². The van der Waals surface area contributed by atoms with Crippen LogP contribution in [0.2, 0.25) is 0 Å². The molecule has 2 N–H and O–H groups in total. The number of aliphatic hydroxyl groups is 1. The summed E-state index contributed by atoms with van der Waals surface area (Å²) in [4.78, 5) is 0. The maximum Gasteiger partial charge on any atom is 0.231 e. The zero-order valence-electron chi connectivity index (χ0n) is 9.60. The first-order chi connectivity index (χ1) is 8.31. The SMILES string of the molecule is CNC[C@H]1OC[C@H](O)c2ccc3c(c21)OCO3. The number of hydrogen-bond acceptors (Lipinski definition) is 5. The molecule has 3 rings (SSSR count). The van der Waals surface area contributed by atoms with Crippen molar-refractivity contribution < 1.29 is 19.3 Å². The quantitative estimate of drug-likeness (QED) is 0.794. The summed E-state index contributed by atoms with van der Waals surface area (Å²) in [6.45, 7) is 1.23. The Balaban J connectivity index is 2.09.